The lowest BCUT2D eigenvalue weighted by atomic mass is 9.86. The molecule has 0 saturated heterocycles. The molecule has 0 aliphatic carbocycles. The van der Waals surface area contributed by atoms with Gasteiger partial charge in [0.15, 0.2) is 11.5 Å². The quantitative estimate of drug-likeness (QED) is 0.874. The first-order valence-electron chi connectivity index (χ1n) is 8.00. The van der Waals surface area contributed by atoms with E-state index in [4.69, 9.17) is 20.8 Å². The largest absolute Gasteiger partial charge is 0.504 e. The number of alkyl halides is 1. The second-order valence-electron chi connectivity index (χ2n) is 6.26. The molecule has 1 aromatic heterocycles. The minimum atomic E-state index is 0.209. The standard InChI is InChI=1S/C18H20ClNO3/c1-22-18-7-11-3-5-20-10-12-6-13(2-4-19)23-17(12)9-15(20)14(11)8-16(18)21/h6-8,15,21H,2-5,9-10H2,1H3/t15-/m0/s1. The number of rotatable bonds is 3. The van der Waals surface area contributed by atoms with E-state index in [1.165, 1.54) is 16.7 Å². The summed E-state index contributed by atoms with van der Waals surface area (Å²) in [6.07, 6.45) is 2.59. The van der Waals surface area contributed by atoms with Crippen molar-refractivity contribution in [3.63, 3.8) is 0 Å². The molecule has 4 rings (SSSR count). The van der Waals surface area contributed by atoms with Gasteiger partial charge in [-0.15, -0.1) is 11.6 Å². The summed E-state index contributed by atoms with van der Waals surface area (Å²) in [6, 6.07) is 6.24. The number of hydrogen-bond donors (Lipinski definition) is 1. The minimum Gasteiger partial charge on any atom is -0.504 e. The van der Waals surface area contributed by atoms with Crippen LogP contribution in [-0.4, -0.2) is 29.5 Å². The van der Waals surface area contributed by atoms with Crippen molar-refractivity contribution >= 4 is 11.6 Å². The highest BCUT2D eigenvalue weighted by atomic mass is 35.5. The maximum Gasteiger partial charge on any atom is 0.160 e. The van der Waals surface area contributed by atoms with Gasteiger partial charge in [0.1, 0.15) is 11.5 Å². The summed E-state index contributed by atoms with van der Waals surface area (Å²) >= 11 is 5.82. The van der Waals surface area contributed by atoms with Gasteiger partial charge >= 0.3 is 0 Å². The molecule has 4 nitrogen and oxygen atoms in total. The number of aromatic hydroxyl groups is 1. The Balaban J connectivity index is 1.69. The lowest BCUT2D eigenvalue weighted by Gasteiger charge is -2.40. The van der Waals surface area contributed by atoms with E-state index in [2.05, 4.69) is 11.0 Å². The predicted molar refractivity (Wildman–Crippen MR) is 88.3 cm³/mol. The highest BCUT2D eigenvalue weighted by molar-refractivity contribution is 6.17. The predicted octanol–water partition coefficient (Wildman–Crippen LogP) is 3.43. The van der Waals surface area contributed by atoms with E-state index in [0.717, 1.165) is 43.9 Å². The second kappa shape index (κ2) is 5.77. The molecule has 0 saturated carbocycles. The van der Waals surface area contributed by atoms with E-state index in [1.54, 1.807) is 7.11 Å². The maximum absolute atomic E-state index is 10.1. The van der Waals surface area contributed by atoms with Crippen molar-refractivity contribution in [2.24, 2.45) is 0 Å². The summed E-state index contributed by atoms with van der Waals surface area (Å²) in [5.74, 6) is 3.38. The molecule has 0 amide bonds. The van der Waals surface area contributed by atoms with Gasteiger partial charge in [0.05, 0.1) is 7.11 Å². The molecule has 0 fully saturated rings. The molecular weight excluding hydrogens is 314 g/mol. The molecule has 0 radical (unpaired) electrons. The third-order valence-corrected chi connectivity index (χ3v) is 5.14. The number of nitrogens with zero attached hydrogens (tertiary/aromatic N) is 1. The fourth-order valence-electron chi connectivity index (χ4n) is 3.81. The Hall–Kier alpha value is -1.65. The number of phenols is 1. The topological polar surface area (TPSA) is 45.8 Å². The van der Waals surface area contributed by atoms with Crippen molar-refractivity contribution in [3.05, 3.63) is 46.4 Å². The number of ether oxygens (including phenoxy) is 1. The normalized spacial score (nSPS) is 19.8. The molecular formula is C18H20ClNO3. The lowest BCUT2D eigenvalue weighted by Crippen LogP contribution is -2.38. The molecule has 0 unspecified atom stereocenters. The summed E-state index contributed by atoms with van der Waals surface area (Å²) in [7, 11) is 1.59. The lowest BCUT2D eigenvalue weighted by molar-refractivity contribution is 0.150. The van der Waals surface area contributed by atoms with Crippen LogP contribution in [0, 0.1) is 0 Å². The van der Waals surface area contributed by atoms with Gasteiger partial charge in [-0.25, -0.2) is 0 Å². The summed E-state index contributed by atoms with van der Waals surface area (Å²) < 4.78 is 11.2. The van der Waals surface area contributed by atoms with Crippen molar-refractivity contribution in [2.75, 3.05) is 19.5 Å². The molecule has 23 heavy (non-hydrogen) atoms. The fraction of sp³-hybridized carbons (Fsp3) is 0.444. The van der Waals surface area contributed by atoms with Gasteiger partial charge in [-0.2, -0.15) is 0 Å². The van der Waals surface area contributed by atoms with Gasteiger partial charge in [-0.3, -0.25) is 4.90 Å². The Morgan fingerprint density at radius 2 is 2.22 bits per heavy atom. The Morgan fingerprint density at radius 3 is 3.00 bits per heavy atom. The van der Waals surface area contributed by atoms with Crippen LogP contribution in [0.15, 0.2) is 22.6 Å². The van der Waals surface area contributed by atoms with E-state index >= 15 is 0 Å². The van der Waals surface area contributed by atoms with E-state index < -0.39 is 0 Å². The molecule has 1 atom stereocenters. The number of fused-ring (bicyclic) bond motifs is 4. The molecule has 2 aliphatic rings. The SMILES string of the molecule is COc1cc2c(cc1O)[C@@H]1Cc3oc(CCCl)cc3CN1CC2. The van der Waals surface area contributed by atoms with Crippen molar-refractivity contribution in [3.8, 4) is 11.5 Å². The monoisotopic (exact) mass is 333 g/mol. The number of furan rings is 1. The Morgan fingerprint density at radius 1 is 1.35 bits per heavy atom. The van der Waals surface area contributed by atoms with Crippen LogP contribution in [0.4, 0.5) is 0 Å². The number of halogens is 1. The van der Waals surface area contributed by atoms with Crippen LogP contribution in [0.2, 0.25) is 0 Å². The van der Waals surface area contributed by atoms with Gasteiger partial charge in [0.25, 0.3) is 0 Å². The van der Waals surface area contributed by atoms with Crippen molar-refractivity contribution < 1.29 is 14.3 Å². The van der Waals surface area contributed by atoms with Crippen LogP contribution >= 0.6 is 11.6 Å². The van der Waals surface area contributed by atoms with Crippen molar-refractivity contribution in [2.45, 2.75) is 31.8 Å². The zero-order valence-electron chi connectivity index (χ0n) is 13.1. The molecule has 0 bridgehead atoms. The van der Waals surface area contributed by atoms with E-state index in [-0.39, 0.29) is 11.8 Å². The Labute approximate surface area is 140 Å². The third-order valence-electron chi connectivity index (χ3n) is 4.95. The molecule has 2 aromatic rings. The molecule has 122 valence electrons. The number of methoxy groups -OCH3 is 1. The van der Waals surface area contributed by atoms with Crippen molar-refractivity contribution in [1.82, 2.24) is 4.90 Å². The Kier molecular flexibility index (Phi) is 3.74. The maximum atomic E-state index is 10.1. The van der Waals surface area contributed by atoms with Crippen LogP contribution < -0.4 is 4.74 Å². The van der Waals surface area contributed by atoms with Crippen molar-refractivity contribution in [1.29, 1.82) is 0 Å². The highest BCUT2D eigenvalue weighted by Crippen LogP contribution is 2.42. The number of phenolic OH excluding ortho intramolecular Hbond substituents is 1. The van der Waals surface area contributed by atoms with Crippen LogP contribution in [0.1, 0.15) is 34.3 Å². The Bertz CT molecular complexity index is 740. The van der Waals surface area contributed by atoms with Gasteiger partial charge < -0.3 is 14.3 Å². The van der Waals surface area contributed by atoms with Crippen LogP contribution in [-0.2, 0) is 25.8 Å². The molecule has 3 heterocycles. The van der Waals surface area contributed by atoms with E-state index in [0.29, 0.717) is 11.6 Å². The molecule has 2 aliphatic heterocycles. The number of aryl methyl sites for hydroxylation is 1. The van der Waals surface area contributed by atoms with Gasteiger partial charge in [-0.1, -0.05) is 0 Å². The van der Waals surface area contributed by atoms with Gasteiger partial charge in [-0.05, 0) is 35.7 Å². The molecule has 1 N–H and O–H groups in total. The first-order chi connectivity index (χ1) is 11.2. The van der Waals surface area contributed by atoms with E-state index in [1.807, 2.05) is 12.1 Å². The average Bonchev–Trinajstić information content (AvgIpc) is 2.94. The van der Waals surface area contributed by atoms with Crippen LogP contribution in [0.5, 0.6) is 11.5 Å². The highest BCUT2D eigenvalue weighted by Gasteiger charge is 2.34. The average molecular weight is 334 g/mol. The second-order valence-corrected chi connectivity index (χ2v) is 6.64. The summed E-state index contributed by atoms with van der Waals surface area (Å²) in [5, 5.41) is 10.1. The minimum absolute atomic E-state index is 0.209. The van der Waals surface area contributed by atoms with E-state index in [9.17, 15) is 5.11 Å². The van der Waals surface area contributed by atoms with Crippen LogP contribution in [0.3, 0.4) is 0 Å². The first-order valence-corrected chi connectivity index (χ1v) is 8.53. The van der Waals surface area contributed by atoms with Gasteiger partial charge in [0, 0.05) is 43.4 Å². The zero-order chi connectivity index (χ0) is 16.0. The fourth-order valence-corrected chi connectivity index (χ4v) is 3.99. The number of hydrogen-bond acceptors (Lipinski definition) is 4. The smallest absolute Gasteiger partial charge is 0.160 e. The van der Waals surface area contributed by atoms with Gasteiger partial charge in [0.2, 0.25) is 0 Å². The summed E-state index contributed by atoms with van der Waals surface area (Å²) in [5.41, 5.74) is 3.73. The first kappa shape index (κ1) is 14.9. The number of benzene rings is 1. The molecule has 5 heteroatoms. The summed E-state index contributed by atoms with van der Waals surface area (Å²) in [6.45, 7) is 1.92. The molecule has 1 aromatic carbocycles. The summed E-state index contributed by atoms with van der Waals surface area (Å²) in [4.78, 5) is 2.47. The van der Waals surface area contributed by atoms with Crippen LogP contribution in [0.25, 0.3) is 0 Å². The molecule has 0 spiro atoms. The third kappa shape index (κ3) is 2.50. The zero-order valence-corrected chi connectivity index (χ0v) is 13.9.